The fourth-order valence-electron chi connectivity index (χ4n) is 16.2. The van der Waals surface area contributed by atoms with Crippen molar-refractivity contribution in [1.82, 2.24) is 0 Å². The summed E-state index contributed by atoms with van der Waals surface area (Å²) in [6, 6.07) is 82.8. The van der Waals surface area contributed by atoms with E-state index in [9.17, 15) is 0 Å². The molecule has 6 aliphatic rings. The highest BCUT2D eigenvalue weighted by Crippen LogP contribution is 2.65. The van der Waals surface area contributed by atoms with Gasteiger partial charge in [-0.25, -0.2) is 0 Å². The first-order chi connectivity index (χ1) is 38.9. The average Bonchev–Trinajstić information content (AvgIpc) is 4.02. The molecule has 1 spiro atoms. The van der Waals surface area contributed by atoms with Crippen LogP contribution in [0.25, 0.3) is 33.4 Å². The summed E-state index contributed by atoms with van der Waals surface area (Å²) < 4.78 is 0. The number of hydrogen-bond acceptors (Lipinski definition) is 3. The predicted octanol–water partition coefficient (Wildman–Crippen LogP) is 18.5. The summed E-state index contributed by atoms with van der Waals surface area (Å²) in [7, 11) is 0. The lowest BCUT2D eigenvalue weighted by molar-refractivity contribution is 0.332. The van der Waals surface area contributed by atoms with Gasteiger partial charge in [-0.1, -0.05) is 213 Å². The summed E-state index contributed by atoms with van der Waals surface area (Å²) in [5.74, 6) is 0. The van der Waals surface area contributed by atoms with E-state index in [1.165, 1.54) is 142 Å². The molecule has 0 saturated carbocycles. The van der Waals surface area contributed by atoms with E-state index in [1.807, 2.05) is 0 Å². The Morgan fingerprint density at radius 1 is 0.438 bits per heavy atom. The number of aryl methyl sites for hydroxylation is 1. The minimum atomic E-state index is -0.567. The van der Waals surface area contributed by atoms with Crippen molar-refractivity contribution in [2.75, 3.05) is 14.6 Å². The highest BCUT2D eigenvalue weighted by atomic mass is 15.2. The second-order valence-electron chi connectivity index (χ2n) is 25.6. The highest BCUT2D eigenvalue weighted by Gasteiger charge is 2.57. The first-order valence-electron chi connectivity index (χ1n) is 29.5. The van der Waals surface area contributed by atoms with Crippen LogP contribution in [0.5, 0.6) is 0 Å². The van der Waals surface area contributed by atoms with Gasteiger partial charge in [0.15, 0.2) is 0 Å². The van der Waals surface area contributed by atoms with E-state index < -0.39 is 5.41 Å². The van der Waals surface area contributed by atoms with Crippen molar-refractivity contribution in [2.45, 2.75) is 102 Å². The maximum Gasteiger partial charge on any atom is 0.333 e. The Morgan fingerprint density at radius 2 is 1.04 bits per heavy atom. The molecule has 10 aromatic carbocycles. The van der Waals surface area contributed by atoms with Crippen molar-refractivity contribution < 1.29 is 0 Å². The lowest BCUT2D eigenvalue weighted by Crippen LogP contribution is -2.63. The first kappa shape index (κ1) is 47.6. The average molecular weight is 1030 g/mol. The normalized spacial score (nSPS) is 16.8. The number of unbranched alkanes of at least 4 members (excludes halogenated alkanes) is 1. The van der Waals surface area contributed by atoms with E-state index in [-0.39, 0.29) is 23.1 Å². The Morgan fingerprint density at radius 3 is 1.75 bits per heavy atom. The minimum Gasteiger partial charge on any atom is -0.376 e. The summed E-state index contributed by atoms with van der Waals surface area (Å²) in [5, 5.41) is 0. The molecule has 0 amide bonds. The summed E-state index contributed by atoms with van der Waals surface area (Å²) >= 11 is 0. The van der Waals surface area contributed by atoms with Crippen LogP contribution in [-0.4, -0.2) is 6.85 Å². The smallest absolute Gasteiger partial charge is 0.333 e. The van der Waals surface area contributed by atoms with Crippen LogP contribution in [0.2, 0.25) is 0 Å². The third-order valence-electron chi connectivity index (χ3n) is 20.0. The molecule has 0 fully saturated rings. The van der Waals surface area contributed by atoms with E-state index in [0.717, 1.165) is 29.9 Å². The van der Waals surface area contributed by atoms with Crippen molar-refractivity contribution in [3.63, 3.8) is 0 Å². The van der Waals surface area contributed by atoms with Crippen LogP contribution < -0.4 is 25.5 Å². The van der Waals surface area contributed by atoms with Crippen LogP contribution in [-0.2, 0) is 28.1 Å². The van der Waals surface area contributed by atoms with E-state index in [2.05, 4.69) is 275 Å². The molecule has 4 heteroatoms. The van der Waals surface area contributed by atoms with Gasteiger partial charge in [0.1, 0.15) is 0 Å². The second kappa shape index (κ2) is 16.8. The van der Waals surface area contributed by atoms with Crippen LogP contribution in [0.15, 0.2) is 212 Å². The molecule has 0 aromatic heterocycles. The highest BCUT2D eigenvalue weighted by molar-refractivity contribution is 6.93. The fraction of sp³-hybridized carbons (Fsp3) is 0.211. The van der Waals surface area contributed by atoms with Gasteiger partial charge in [-0.05, 0) is 180 Å². The molecule has 16 rings (SSSR count). The second-order valence-corrected chi connectivity index (χ2v) is 25.6. The molecule has 3 aliphatic heterocycles. The van der Waals surface area contributed by atoms with Gasteiger partial charge in [-0.3, -0.25) is 0 Å². The summed E-state index contributed by atoms with van der Waals surface area (Å²) in [5.41, 5.74) is 32.0. The molecule has 3 aliphatic carbocycles. The van der Waals surface area contributed by atoms with Crippen LogP contribution in [0.1, 0.15) is 124 Å². The Hall–Kier alpha value is -8.34. The Balaban J connectivity index is 1.06. The SMILES string of the molecule is CCCCc1ccc(N(c2ccccc2)c2cc3c4c(c2)N2c5ccccc5C5(c6ccccc6-c6ccccc65)c5cccc(c52)B4N(c2ccc4c(c2)C(C)(C)CCC4(C)C)c2c-3ccc3c2C(C)(C)c2ccccc2-3)cc1. The Bertz CT molecular complexity index is 4190. The number of rotatable bonds is 7. The Labute approximate surface area is 473 Å². The van der Waals surface area contributed by atoms with Gasteiger partial charge in [0.25, 0.3) is 0 Å². The zero-order valence-electron chi connectivity index (χ0n) is 47.2. The number of benzene rings is 10. The van der Waals surface area contributed by atoms with E-state index in [1.54, 1.807) is 0 Å². The van der Waals surface area contributed by atoms with Crippen molar-refractivity contribution in [3.05, 3.63) is 262 Å². The lowest BCUT2D eigenvalue weighted by atomic mass is 9.42. The van der Waals surface area contributed by atoms with Crippen LogP contribution >= 0.6 is 0 Å². The molecule has 3 nitrogen and oxygen atoms in total. The van der Waals surface area contributed by atoms with Crippen LogP contribution in [0.3, 0.4) is 0 Å². The van der Waals surface area contributed by atoms with Gasteiger partial charge >= 0.3 is 6.85 Å². The molecule has 80 heavy (non-hydrogen) atoms. The molecule has 0 unspecified atom stereocenters. The van der Waals surface area contributed by atoms with Gasteiger partial charge in [0, 0.05) is 50.8 Å². The molecule has 0 N–H and O–H groups in total. The van der Waals surface area contributed by atoms with E-state index >= 15 is 0 Å². The summed E-state index contributed by atoms with van der Waals surface area (Å²) in [6.07, 6.45) is 5.76. The Kier molecular flexibility index (Phi) is 10.0. The quantitative estimate of drug-likeness (QED) is 0.147. The van der Waals surface area contributed by atoms with Gasteiger partial charge in [0.2, 0.25) is 0 Å². The van der Waals surface area contributed by atoms with Crippen molar-refractivity contribution in [3.8, 4) is 33.4 Å². The minimum absolute atomic E-state index is 0.00924. The molecule has 3 heterocycles. The monoisotopic (exact) mass is 1030 g/mol. The van der Waals surface area contributed by atoms with Crippen molar-refractivity contribution in [1.29, 1.82) is 0 Å². The zero-order chi connectivity index (χ0) is 54.0. The third kappa shape index (κ3) is 6.28. The maximum absolute atomic E-state index is 2.85. The van der Waals surface area contributed by atoms with E-state index in [4.69, 9.17) is 0 Å². The molecular formula is C76H66BN3. The van der Waals surface area contributed by atoms with Crippen LogP contribution in [0.4, 0.5) is 45.5 Å². The van der Waals surface area contributed by atoms with Gasteiger partial charge in [0.05, 0.1) is 11.1 Å². The summed E-state index contributed by atoms with van der Waals surface area (Å²) in [6.45, 7) is 17.0. The number of para-hydroxylation sites is 3. The molecule has 10 aromatic rings. The van der Waals surface area contributed by atoms with Gasteiger partial charge in [-0.15, -0.1) is 0 Å². The van der Waals surface area contributed by atoms with E-state index in [0.29, 0.717) is 0 Å². The molecule has 0 bridgehead atoms. The van der Waals surface area contributed by atoms with Crippen molar-refractivity contribution in [2.24, 2.45) is 0 Å². The molecule has 0 radical (unpaired) electrons. The van der Waals surface area contributed by atoms with Gasteiger partial charge < -0.3 is 14.6 Å². The first-order valence-corrected chi connectivity index (χ1v) is 29.5. The molecule has 388 valence electrons. The standard InChI is InChI=1S/C76H66BN3/c1-8-9-22-48-35-37-50(38-36-48)78(49-23-11-10-12-24-49)52-45-58-57-41-40-56-55-27-13-16-28-59(55)75(6,7)69(56)71(57)80(51-39-42-62-65(46-51)74(4,5)44-43-73(62,2)3)77-66-33-21-32-64-72(66)79(68(47-52)70(58)77)67-34-20-19-31-63(67)76(64)60-29-17-14-25-53(60)54-26-15-18-30-61(54)76/h10-21,23-42,45-47H,8-9,22,43-44H2,1-7H3. The fourth-order valence-corrected chi connectivity index (χ4v) is 16.2. The number of nitrogens with zero attached hydrogens (tertiary/aromatic N) is 3. The van der Waals surface area contributed by atoms with Gasteiger partial charge in [-0.2, -0.15) is 0 Å². The molecular weight excluding hydrogens is 966 g/mol. The number of anilines is 8. The third-order valence-corrected chi connectivity index (χ3v) is 20.0. The molecule has 0 saturated heterocycles. The lowest BCUT2D eigenvalue weighted by Gasteiger charge is -2.52. The predicted molar refractivity (Wildman–Crippen MR) is 337 cm³/mol. The summed E-state index contributed by atoms with van der Waals surface area (Å²) in [4.78, 5) is 8.08. The number of fused-ring (bicyclic) bond motifs is 18. The topological polar surface area (TPSA) is 9.72 Å². The van der Waals surface area contributed by atoms with Crippen molar-refractivity contribution >= 4 is 63.3 Å². The van der Waals surface area contributed by atoms with Crippen LogP contribution in [0, 0.1) is 0 Å². The zero-order valence-corrected chi connectivity index (χ0v) is 47.2. The molecule has 0 atom stereocenters. The maximum atomic E-state index is 2.85. The number of hydrogen-bond donors (Lipinski definition) is 0. The largest absolute Gasteiger partial charge is 0.376 e.